The maximum atomic E-state index is 5.03. The summed E-state index contributed by atoms with van der Waals surface area (Å²) in [5, 5.41) is 0. The van der Waals surface area contributed by atoms with Gasteiger partial charge in [0.15, 0.2) is 0 Å². The van der Waals surface area contributed by atoms with Gasteiger partial charge in [0.1, 0.15) is 5.52 Å². The molecule has 1 aliphatic heterocycles. The number of nitrogens with one attached hydrogen (secondary N) is 1. The number of aromatic nitrogens is 2. The van der Waals surface area contributed by atoms with E-state index in [-0.39, 0.29) is 0 Å². The zero-order chi connectivity index (χ0) is 20.2. The lowest BCUT2D eigenvalue weighted by Crippen LogP contribution is -2.18. The van der Waals surface area contributed by atoms with E-state index < -0.39 is 0 Å². The van der Waals surface area contributed by atoms with Gasteiger partial charge in [0.2, 0.25) is 0 Å². The first-order chi connectivity index (χ1) is 14.9. The van der Waals surface area contributed by atoms with Gasteiger partial charge in [-0.2, -0.15) is 0 Å². The molecule has 5 rings (SSSR count). The average molecular weight is 413 g/mol. The zero-order valence-electron chi connectivity index (χ0n) is 16.8. The van der Waals surface area contributed by atoms with E-state index in [1.165, 1.54) is 29.0 Å². The van der Waals surface area contributed by atoms with E-state index in [9.17, 15) is 0 Å². The molecule has 0 radical (unpaired) electrons. The minimum atomic E-state index is 0.828. The van der Waals surface area contributed by atoms with Crippen molar-refractivity contribution >= 4 is 28.7 Å². The second-order valence-electron chi connectivity index (χ2n) is 7.53. The van der Waals surface area contributed by atoms with Crippen LogP contribution < -0.4 is 9.62 Å². The largest absolute Gasteiger partial charge is 0.370 e. The van der Waals surface area contributed by atoms with E-state index >= 15 is 0 Å². The van der Waals surface area contributed by atoms with E-state index in [4.69, 9.17) is 4.98 Å². The smallest absolute Gasteiger partial charge is 0.113 e. The van der Waals surface area contributed by atoms with Crippen LogP contribution in [0.3, 0.4) is 0 Å². The molecule has 0 amide bonds. The molecule has 3 heterocycles. The van der Waals surface area contributed by atoms with Crippen molar-refractivity contribution < 1.29 is 0 Å². The van der Waals surface area contributed by atoms with Crippen molar-refractivity contribution in [3.8, 4) is 11.3 Å². The highest BCUT2D eigenvalue weighted by atomic mass is 32.2. The van der Waals surface area contributed by atoms with Crippen molar-refractivity contribution in [2.45, 2.75) is 24.3 Å². The van der Waals surface area contributed by atoms with Gasteiger partial charge in [-0.15, -0.1) is 0 Å². The topological polar surface area (TPSA) is 41.1 Å². The van der Waals surface area contributed by atoms with Crippen LogP contribution in [0, 0.1) is 0 Å². The molecule has 0 spiro atoms. The first kappa shape index (κ1) is 19.1. The fourth-order valence-corrected chi connectivity index (χ4v) is 4.64. The Kier molecular flexibility index (Phi) is 5.64. The quantitative estimate of drug-likeness (QED) is 0.412. The van der Waals surface area contributed by atoms with Gasteiger partial charge >= 0.3 is 0 Å². The molecule has 1 aliphatic rings. The number of hydrogen-bond acceptors (Lipinski definition) is 5. The van der Waals surface area contributed by atoms with Crippen molar-refractivity contribution in [2.24, 2.45) is 0 Å². The molecule has 1 saturated heterocycles. The van der Waals surface area contributed by atoms with Crippen molar-refractivity contribution in [3.63, 3.8) is 0 Å². The molecule has 4 aromatic rings. The third kappa shape index (κ3) is 4.18. The molecule has 0 atom stereocenters. The summed E-state index contributed by atoms with van der Waals surface area (Å²) < 4.78 is 3.45. The molecule has 0 saturated carbocycles. The molecule has 2 aromatic carbocycles. The van der Waals surface area contributed by atoms with E-state index in [2.05, 4.69) is 81.3 Å². The number of hydrogen-bond donors (Lipinski definition) is 1. The molecule has 5 heteroatoms. The summed E-state index contributed by atoms with van der Waals surface area (Å²) in [5.74, 6) is 0. The molecule has 2 aromatic heterocycles. The van der Waals surface area contributed by atoms with Gasteiger partial charge in [-0.25, -0.2) is 4.98 Å². The Hall–Kier alpha value is -2.89. The van der Waals surface area contributed by atoms with Gasteiger partial charge in [0, 0.05) is 36.3 Å². The minimum absolute atomic E-state index is 0.828. The third-order valence-corrected chi connectivity index (χ3v) is 6.23. The van der Waals surface area contributed by atoms with Gasteiger partial charge < -0.3 is 4.90 Å². The van der Waals surface area contributed by atoms with Crippen molar-refractivity contribution in [2.75, 3.05) is 18.0 Å². The predicted octanol–water partition coefficient (Wildman–Crippen LogP) is 5.69. The molecule has 0 bridgehead atoms. The van der Waals surface area contributed by atoms with Crippen LogP contribution in [0.4, 0.5) is 5.69 Å². The van der Waals surface area contributed by atoms with E-state index in [1.807, 2.05) is 12.3 Å². The number of rotatable bonds is 6. The minimum Gasteiger partial charge on any atom is -0.370 e. The number of pyridine rings is 2. The number of benzene rings is 2. The monoisotopic (exact) mass is 412 g/mol. The fourth-order valence-electron chi connectivity index (χ4n) is 3.90. The van der Waals surface area contributed by atoms with Crippen molar-refractivity contribution in [1.82, 2.24) is 14.7 Å². The highest BCUT2D eigenvalue weighted by molar-refractivity contribution is 7.97. The maximum Gasteiger partial charge on any atom is 0.113 e. The molecule has 30 heavy (non-hydrogen) atoms. The summed E-state index contributed by atoms with van der Waals surface area (Å²) in [5.41, 5.74) is 6.55. The van der Waals surface area contributed by atoms with Gasteiger partial charge in [-0.3, -0.25) is 9.71 Å². The summed E-state index contributed by atoms with van der Waals surface area (Å²) in [6, 6.07) is 25.3. The summed E-state index contributed by atoms with van der Waals surface area (Å²) in [6.07, 6.45) is 4.39. The van der Waals surface area contributed by atoms with Gasteiger partial charge in [-0.1, -0.05) is 42.5 Å². The van der Waals surface area contributed by atoms with Crippen LogP contribution in [0.2, 0.25) is 0 Å². The third-order valence-electron chi connectivity index (χ3n) is 5.45. The van der Waals surface area contributed by atoms with Crippen molar-refractivity contribution in [1.29, 1.82) is 0 Å². The highest BCUT2D eigenvalue weighted by Gasteiger charge is 2.16. The van der Waals surface area contributed by atoms with Gasteiger partial charge in [-0.05, 0) is 60.7 Å². The Bertz CT molecular complexity index is 1140. The molecule has 4 nitrogen and oxygen atoms in total. The predicted molar refractivity (Wildman–Crippen MR) is 126 cm³/mol. The Morgan fingerprint density at radius 1 is 0.900 bits per heavy atom. The van der Waals surface area contributed by atoms with Gasteiger partial charge in [0.25, 0.3) is 0 Å². The molecule has 0 unspecified atom stereocenters. The van der Waals surface area contributed by atoms with Crippen LogP contribution in [-0.2, 0) is 6.54 Å². The summed E-state index contributed by atoms with van der Waals surface area (Å²) in [6.45, 7) is 3.03. The molecule has 1 fully saturated rings. The normalized spacial score (nSPS) is 13.8. The summed E-state index contributed by atoms with van der Waals surface area (Å²) in [4.78, 5) is 13.2. The second-order valence-corrected chi connectivity index (χ2v) is 8.49. The molecular formula is C25H24N4S. The SMILES string of the molecule is c1ccc(CNSc2cccc(-c3ccc4nccc(N5CCCC5)c4n3)c2)cc1. The Balaban J connectivity index is 1.38. The average Bonchev–Trinajstić information content (AvgIpc) is 3.34. The van der Waals surface area contributed by atoms with E-state index in [0.717, 1.165) is 41.9 Å². The summed E-state index contributed by atoms with van der Waals surface area (Å²) >= 11 is 1.65. The Morgan fingerprint density at radius 3 is 2.63 bits per heavy atom. The van der Waals surface area contributed by atoms with Crippen molar-refractivity contribution in [3.05, 3.63) is 84.6 Å². The van der Waals surface area contributed by atoms with Crippen LogP contribution in [-0.4, -0.2) is 23.1 Å². The Labute approximate surface area is 181 Å². The lowest BCUT2D eigenvalue weighted by Gasteiger charge is -2.19. The number of fused-ring (bicyclic) bond motifs is 1. The first-order valence-corrected chi connectivity index (χ1v) is 11.2. The van der Waals surface area contributed by atoms with E-state index in [1.54, 1.807) is 11.9 Å². The first-order valence-electron chi connectivity index (χ1n) is 10.4. The Morgan fingerprint density at radius 2 is 1.77 bits per heavy atom. The fraction of sp³-hybridized carbons (Fsp3) is 0.200. The molecule has 150 valence electrons. The lowest BCUT2D eigenvalue weighted by molar-refractivity contribution is 0.949. The van der Waals surface area contributed by atoms with E-state index in [0.29, 0.717) is 0 Å². The lowest BCUT2D eigenvalue weighted by atomic mass is 10.1. The number of nitrogens with zero attached hydrogens (tertiary/aromatic N) is 3. The number of anilines is 1. The molecule has 0 aliphatic carbocycles. The second kappa shape index (κ2) is 8.86. The van der Waals surface area contributed by atoms with Crippen LogP contribution in [0.5, 0.6) is 0 Å². The van der Waals surface area contributed by atoms with Gasteiger partial charge in [0.05, 0.1) is 16.9 Å². The van der Waals surface area contributed by atoms with Crippen LogP contribution in [0.25, 0.3) is 22.3 Å². The maximum absolute atomic E-state index is 5.03. The zero-order valence-corrected chi connectivity index (χ0v) is 17.6. The molecule has 1 N–H and O–H groups in total. The molecular weight excluding hydrogens is 388 g/mol. The van der Waals surface area contributed by atoms with Crippen LogP contribution >= 0.6 is 11.9 Å². The highest BCUT2D eigenvalue weighted by Crippen LogP contribution is 2.30. The van der Waals surface area contributed by atoms with Crippen LogP contribution in [0.1, 0.15) is 18.4 Å². The summed E-state index contributed by atoms with van der Waals surface area (Å²) in [7, 11) is 0. The van der Waals surface area contributed by atoms with Crippen LogP contribution in [0.15, 0.2) is 83.9 Å². The standard InChI is InChI=1S/C25H24N4S/c1-2-7-19(8-3-1)18-27-30-21-10-6-9-20(17-21)22-11-12-23-25(28-22)24(13-14-26-23)29-15-4-5-16-29/h1-3,6-14,17,27H,4-5,15-16,18H2.